The van der Waals surface area contributed by atoms with Crippen molar-refractivity contribution in [1.82, 2.24) is 4.57 Å². The third-order valence-corrected chi connectivity index (χ3v) is 1.55. The van der Waals surface area contributed by atoms with Crippen LogP contribution in [0.5, 0.6) is 0 Å². The largest absolute Gasteiger partial charge is 0.351 e. The predicted octanol–water partition coefficient (Wildman–Crippen LogP) is 1.63. The van der Waals surface area contributed by atoms with E-state index in [1.807, 2.05) is 36.0 Å². The van der Waals surface area contributed by atoms with E-state index in [-0.39, 0.29) is 0 Å². The summed E-state index contributed by atoms with van der Waals surface area (Å²) in [5, 5.41) is 0. The molecule has 1 aromatic heterocycles. The third kappa shape index (κ3) is 1.80. The van der Waals surface area contributed by atoms with Crippen molar-refractivity contribution in [1.29, 1.82) is 0 Å². The second-order valence-electron chi connectivity index (χ2n) is 2.55. The average Bonchev–Trinajstić information content (AvgIpc) is 2.37. The molecule has 1 aromatic rings. The van der Waals surface area contributed by atoms with Gasteiger partial charge < -0.3 is 4.57 Å². The van der Waals surface area contributed by atoms with E-state index in [1.54, 1.807) is 6.92 Å². The molecule has 0 N–H and O–H groups in total. The molecule has 0 aliphatic carbocycles. The molecule has 58 valence electrons. The number of aldehydes is 1. The molecular formula is C9H11NO. The second kappa shape index (κ2) is 3.19. The summed E-state index contributed by atoms with van der Waals surface area (Å²) < 4.78 is 1.97. The molecule has 0 spiro atoms. The van der Waals surface area contributed by atoms with E-state index in [1.165, 1.54) is 0 Å². The van der Waals surface area contributed by atoms with Crippen LogP contribution in [0.4, 0.5) is 0 Å². The summed E-state index contributed by atoms with van der Waals surface area (Å²) in [5.74, 6) is 0. The Kier molecular flexibility index (Phi) is 2.26. The summed E-state index contributed by atoms with van der Waals surface area (Å²) in [6.45, 7) is 1.79. The Morgan fingerprint density at radius 2 is 2.36 bits per heavy atom. The van der Waals surface area contributed by atoms with Crippen LogP contribution < -0.4 is 0 Å². The van der Waals surface area contributed by atoms with E-state index in [0.717, 1.165) is 17.6 Å². The Morgan fingerprint density at radius 3 is 2.82 bits per heavy atom. The first-order valence-corrected chi connectivity index (χ1v) is 3.49. The number of carbonyl (C=O) groups excluding carboxylic acids is 1. The minimum atomic E-state index is 0.742. The molecule has 2 nitrogen and oxygen atoms in total. The second-order valence-corrected chi connectivity index (χ2v) is 2.55. The van der Waals surface area contributed by atoms with E-state index >= 15 is 0 Å². The minimum Gasteiger partial charge on any atom is -0.351 e. The van der Waals surface area contributed by atoms with Crippen molar-refractivity contribution in [3.63, 3.8) is 0 Å². The fraction of sp³-hybridized carbons (Fsp3) is 0.222. The fourth-order valence-electron chi connectivity index (χ4n) is 0.892. The van der Waals surface area contributed by atoms with Crippen LogP contribution in [0.3, 0.4) is 0 Å². The van der Waals surface area contributed by atoms with E-state index in [0.29, 0.717) is 0 Å². The maximum absolute atomic E-state index is 10.3. The predicted molar refractivity (Wildman–Crippen MR) is 45.1 cm³/mol. The van der Waals surface area contributed by atoms with Crippen molar-refractivity contribution in [3.8, 4) is 0 Å². The quantitative estimate of drug-likeness (QED) is 0.462. The molecule has 0 fully saturated rings. The van der Waals surface area contributed by atoms with Gasteiger partial charge in [-0.25, -0.2) is 0 Å². The number of aryl methyl sites for hydroxylation is 1. The molecule has 0 amide bonds. The van der Waals surface area contributed by atoms with Crippen LogP contribution in [0, 0.1) is 0 Å². The summed E-state index contributed by atoms with van der Waals surface area (Å²) in [4.78, 5) is 10.3. The van der Waals surface area contributed by atoms with Crippen molar-refractivity contribution in [2.75, 3.05) is 0 Å². The number of hydrogen-bond donors (Lipinski definition) is 0. The van der Waals surface area contributed by atoms with Crippen LogP contribution in [0.25, 0.3) is 6.08 Å². The lowest BCUT2D eigenvalue weighted by Crippen LogP contribution is -1.88. The van der Waals surface area contributed by atoms with Gasteiger partial charge in [0, 0.05) is 18.9 Å². The maximum Gasteiger partial charge on any atom is 0.145 e. The van der Waals surface area contributed by atoms with Crippen LogP contribution in [-0.2, 0) is 11.8 Å². The minimum absolute atomic E-state index is 0.742. The Hall–Kier alpha value is -1.31. The molecule has 0 saturated heterocycles. The van der Waals surface area contributed by atoms with Crippen molar-refractivity contribution >= 4 is 12.4 Å². The topological polar surface area (TPSA) is 22.0 Å². The lowest BCUT2D eigenvalue weighted by molar-refractivity contribution is -0.104. The normalized spacial score (nSPS) is 11.6. The highest BCUT2D eigenvalue weighted by Gasteiger charge is 1.91. The van der Waals surface area contributed by atoms with Gasteiger partial charge in [0.1, 0.15) is 6.29 Å². The summed E-state index contributed by atoms with van der Waals surface area (Å²) in [7, 11) is 1.95. The first-order chi connectivity index (χ1) is 5.24. The van der Waals surface area contributed by atoms with Gasteiger partial charge in [0.15, 0.2) is 0 Å². The van der Waals surface area contributed by atoms with Crippen LogP contribution in [0.2, 0.25) is 0 Å². The van der Waals surface area contributed by atoms with Crippen molar-refractivity contribution in [2.24, 2.45) is 7.05 Å². The van der Waals surface area contributed by atoms with Gasteiger partial charge in [-0.15, -0.1) is 0 Å². The van der Waals surface area contributed by atoms with Gasteiger partial charge in [0.25, 0.3) is 0 Å². The zero-order chi connectivity index (χ0) is 8.27. The molecule has 0 saturated carbocycles. The Labute approximate surface area is 66.1 Å². The van der Waals surface area contributed by atoms with Crippen LogP contribution in [0.1, 0.15) is 12.6 Å². The first kappa shape index (κ1) is 7.79. The SMILES string of the molecule is C/C(C=O)=C/c1cccn1C. The molecule has 0 aliphatic rings. The molecule has 0 aliphatic heterocycles. The zero-order valence-electron chi connectivity index (χ0n) is 6.74. The molecule has 0 bridgehead atoms. The van der Waals surface area contributed by atoms with Crippen LogP contribution in [-0.4, -0.2) is 10.9 Å². The molecule has 0 atom stereocenters. The zero-order valence-corrected chi connectivity index (χ0v) is 6.74. The van der Waals surface area contributed by atoms with Crippen LogP contribution in [0.15, 0.2) is 23.9 Å². The summed E-state index contributed by atoms with van der Waals surface area (Å²) >= 11 is 0. The van der Waals surface area contributed by atoms with E-state index in [4.69, 9.17) is 0 Å². The molecule has 0 aromatic carbocycles. The number of carbonyl (C=O) groups is 1. The van der Waals surface area contributed by atoms with Gasteiger partial charge in [-0.3, -0.25) is 4.79 Å². The molecule has 11 heavy (non-hydrogen) atoms. The van der Waals surface area contributed by atoms with Crippen molar-refractivity contribution < 1.29 is 4.79 Å². The molecule has 1 heterocycles. The highest BCUT2D eigenvalue weighted by molar-refractivity contribution is 5.80. The fourth-order valence-corrected chi connectivity index (χ4v) is 0.892. The van der Waals surface area contributed by atoms with Gasteiger partial charge in [0.05, 0.1) is 0 Å². The average molecular weight is 149 g/mol. The van der Waals surface area contributed by atoms with Crippen molar-refractivity contribution in [2.45, 2.75) is 6.92 Å². The number of aromatic nitrogens is 1. The van der Waals surface area contributed by atoms with E-state index < -0.39 is 0 Å². The van der Waals surface area contributed by atoms with Gasteiger partial charge >= 0.3 is 0 Å². The number of allylic oxidation sites excluding steroid dienone is 1. The van der Waals surface area contributed by atoms with Gasteiger partial charge in [0.2, 0.25) is 0 Å². The van der Waals surface area contributed by atoms with Gasteiger partial charge in [-0.05, 0) is 30.7 Å². The highest BCUT2D eigenvalue weighted by Crippen LogP contribution is 2.04. The molecular weight excluding hydrogens is 138 g/mol. The third-order valence-electron chi connectivity index (χ3n) is 1.55. The Morgan fingerprint density at radius 1 is 1.64 bits per heavy atom. The van der Waals surface area contributed by atoms with Crippen molar-refractivity contribution in [3.05, 3.63) is 29.6 Å². The molecule has 0 unspecified atom stereocenters. The van der Waals surface area contributed by atoms with Crippen LogP contribution >= 0.6 is 0 Å². The standard InChI is InChI=1S/C9H11NO/c1-8(7-11)6-9-4-3-5-10(9)2/h3-7H,1-2H3/b8-6-. The van der Waals surface area contributed by atoms with Gasteiger partial charge in [-0.2, -0.15) is 0 Å². The lowest BCUT2D eigenvalue weighted by atomic mass is 10.2. The van der Waals surface area contributed by atoms with E-state index in [2.05, 4.69) is 0 Å². The molecule has 1 rings (SSSR count). The van der Waals surface area contributed by atoms with E-state index in [9.17, 15) is 4.79 Å². The Bertz CT molecular complexity index is 284. The summed E-state index contributed by atoms with van der Waals surface area (Å²) in [6.07, 6.45) is 4.66. The Balaban J connectivity index is 2.94. The van der Waals surface area contributed by atoms with Gasteiger partial charge in [-0.1, -0.05) is 0 Å². The first-order valence-electron chi connectivity index (χ1n) is 3.49. The highest BCUT2D eigenvalue weighted by atomic mass is 16.1. The maximum atomic E-state index is 10.3. The monoisotopic (exact) mass is 149 g/mol. The smallest absolute Gasteiger partial charge is 0.145 e. The number of hydrogen-bond acceptors (Lipinski definition) is 1. The number of rotatable bonds is 2. The lowest BCUT2D eigenvalue weighted by Gasteiger charge is -1.95. The number of nitrogens with zero attached hydrogens (tertiary/aromatic N) is 1. The molecule has 0 radical (unpaired) electrons. The summed E-state index contributed by atoms with van der Waals surface area (Å²) in [6, 6.07) is 3.91. The molecule has 2 heteroatoms. The summed E-state index contributed by atoms with van der Waals surface area (Å²) in [5.41, 5.74) is 1.79.